The molecule has 0 aliphatic heterocycles. The average molecular weight is 354 g/mol. The zero-order chi connectivity index (χ0) is 15.4. The fraction of sp³-hybridized carbons (Fsp3) is 0.267. The summed E-state index contributed by atoms with van der Waals surface area (Å²) in [5, 5.41) is 3.21. The number of benzene rings is 1. The molecule has 1 aromatic heterocycles. The highest BCUT2D eigenvalue weighted by Gasteiger charge is 2.12. The third-order valence-electron chi connectivity index (χ3n) is 3.04. The van der Waals surface area contributed by atoms with E-state index in [4.69, 9.17) is 4.74 Å². The van der Waals surface area contributed by atoms with E-state index in [1.807, 2.05) is 31.1 Å². The fourth-order valence-corrected chi connectivity index (χ4v) is 2.31. The topological polar surface area (TPSA) is 37.4 Å². The van der Waals surface area contributed by atoms with Crippen molar-refractivity contribution in [2.24, 2.45) is 0 Å². The predicted molar refractivity (Wildman–Crippen MR) is 86.5 cm³/mol. The molecule has 0 aliphatic rings. The number of nitrogens with zero attached hydrogens (tertiary/aromatic N) is 2. The fourth-order valence-electron chi connectivity index (χ4n) is 1.98. The number of methoxy groups -OCH3 is 1. The molecule has 0 fully saturated rings. The first-order valence-corrected chi connectivity index (χ1v) is 7.20. The first-order valence-electron chi connectivity index (χ1n) is 6.41. The van der Waals surface area contributed by atoms with Gasteiger partial charge in [-0.3, -0.25) is 0 Å². The smallest absolute Gasteiger partial charge is 0.239 e. The summed E-state index contributed by atoms with van der Waals surface area (Å²) in [6.45, 7) is 0.349. The number of halogens is 2. The Morgan fingerprint density at radius 3 is 2.71 bits per heavy atom. The Kier molecular flexibility index (Phi) is 5.01. The number of ether oxygens (including phenoxy) is 1. The van der Waals surface area contributed by atoms with E-state index >= 15 is 0 Å². The minimum absolute atomic E-state index is 0.258. The molecule has 0 saturated heterocycles. The van der Waals surface area contributed by atoms with Crippen molar-refractivity contribution < 1.29 is 9.13 Å². The second-order valence-corrected chi connectivity index (χ2v) is 5.61. The highest BCUT2D eigenvalue weighted by atomic mass is 79.9. The lowest BCUT2D eigenvalue weighted by atomic mass is 10.2. The van der Waals surface area contributed by atoms with Crippen LogP contribution in [0, 0.1) is 5.82 Å². The largest absolute Gasteiger partial charge is 0.479 e. The van der Waals surface area contributed by atoms with Gasteiger partial charge in [0, 0.05) is 36.9 Å². The molecule has 1 heterocycles. The number of hydrogen-bond acceptors (Lipinski definition) is 4. The van der Waals surface area contributed by atoms with Crippen LogP contribution in [0.25, 0.3) is 0 Å². The summed E-state index contributed by atoms with van der Waals surface area (Å²) in [6, 6.07) is 6.88. The second-order valence-electron chi connectivity index (χ2n) is 4.70. The summed E-state index contributed by atoms with van der Waals surface area (Å²) >= 11 is 3.25. The van der Waals surface area contributed by atoms with Gasteiger partial charge in [0.25, 0.3) is 0 Å². The molecule has 6 heteroatoms. The van der Waals surface area contributed by atoms with Gasteiger partial charge in [-0.15, -0.1) is 0 Å². The molecule has 0 saturated carbocycles. The molecule has 0 radical (unpaired) electrons. The number of nitrogens with one attached hydrogen (secondary N) is 1. The Balaban J connectivity index is 2.26. The van der Waals surface area contributed by atoms with Crippen LogP contribution in [0.1, 0.15) is 5.56 Å². The van der Waals surface area contributed by atoms with Gasteiger partial charge in [0.1, 0.15) is 11.5 Å². The number of aromatic nitrogens is 1. The Morgan fingerprint density at radius 1 is 1.33 bits per heavy atom. The molecule has 1 aromatic carbocycles. The summed E-state index contributed by atoms with van der Waals surface area (Å²) in [4.78, 5) is 6.13. The van der Waals surface area contributed by atoms with Crippen LogP contribution < -0.4 is 15.0 Å². The summed E-state index contributed by atoms with van der Waals surface area (Å²) in [5.41, 5.74) is 2.25. The molecular formula is C15H17BrFN3O. The maximum atomic E-state index is 13.9. The van der Waals surface area contributed by atoms with Gasteiger partial charge in [0.15, 0.2) is 0 Å². The number of hydrogen-bond donors (Lipinski definition) is 1. The Labute approximate surface area is 132 Å². The van der Waals surface area contributed by atoms with Gasteiger partial charge in [-0.25, -0.2) is 9.37 Å². The van der Waals surface area contributed by atoms with Crippen molar-refractivity contribution in [2.45, 2.75) is 6.54 Å². The number of pyridine rings is 1. The van der Waals surface area contributed by atoms with Crippen LogP contribution in [-0.2, 0) is 6.54 Å². The molecule has 0 atom stereocenters. The van der Waals surface area contributed by atoms with Crippen molar-refractivity contribution in [1.82, 2.24) is 4.98 Å². The van der Waals surface area contributed by atoms with Crippen LogP contribution in [0.4, 0.5) is 15.8 Å². The molecule has 2 rings (SSSR count). The zero-order valence-corrected chi connectivity index (χ0v) is 13.7. The van der Waals surface area contributed by atoms with Gasteiger partial charge >= 0.3 is 0 Å². The second kappa shape index (κ2) is 6.76. The average Bonchev–Trinajstić information content (AvgIpc) is 2.45. The minimum Gasteiger partial charge on any atom is -0.479 e. The molecule has 0 bridgehead atoms. The third-order valence-corrected chi connectivity index (χ3v) is 3.53. The Morgan fingerprint density at radius 2 is 2.10 bits per heavy atom. The molecular weight excluding hydrogens is 337 g/mol. The highest BCUT2D eigenvalue weighted by molar-refractivity contribution is 9.10. The first-order chi connectivity index (χ1) is 10.0. The van der Waals surface area contributed by atoms with Crippen LogP contribution in [0.15, 0.2) is 34.9 Å². The van der Waals surface area contributed by atoms with Gasteiger partial charge in [0.2, 0.25) is 5.88 Å². The summed E-state index contributed by atoms with van der Waals surface area (Å²) in [6.07, 6.45) is 1.68. The molecule has 112 valence electrons. The number of rotatable bonds is 5. The number of anilines is 2. The van der Waals surface area contributed by atoms with Crippen molar-refractivity contribution in [3.63, 3.8) is 0 Å². The molecule has 2 aromatic rings. The van der Waals surface area contributed by atoms with Gasteiger partial charge in [-0.2, -0.15) is 0 Å². The van der Waals surface area contributed by atoms with Gasteiger partial charge in [-0.05, 0) is 18.2 Å². The standard InChI is InChI=1S/C15H17BrFN3O/c1-20(2)13-6-7-18-15(21-3)14(13)19-9-10-4-5-11(16)8-12(10)17/h4-8,19H,9H2,1-3H3. The third kappa shape index (κ3) is 3.64. The van der Waals surface area contributed by atoms with Crippen LogP contribution in [0.2, 0.25) is 0 Å². The summed E-state index contributed by atoms with van der Waals surface area (Å²) in [5.74, 6) is 0.227. The molecule has 1 N–H and O–H groups in total. The van der Waals surface area contributed by atoms with E-state index in [2.05, 4.69) is 26.2 Å². The first kappa shape index (κ1) is 15.6. The van der Waals surface area contributed by atoms with Crippen LogP contribution in [0.3, 0.4) is 0 Å². The molecule has 0 aliphatic carbocycles. The lowest BCUT2D eigenvalue weighted by Gasteiger charge is -2.20. The van der Waals surface area contributed by atoms with E-state index in [0.29, 0.717) is 18.0 Å². The maximum absolute atomic E-state index is 13.9. The Hall–Kier alpha value is -1.82. The van der Waals surface area contributed by atoms with Crippen molar-refractivity contribution in [1.29, 1.82) is 0 Å². The zero-order valence-electron chi connectivity index (χ0n) is 12.2. The van der Waals surface area contributed by atoms with Crippen LogP contribution in [-0.4, -0.2) is 26.2 Å². The lowest BCUT2D eigenvalue weighted by Crippen LogP contribution is -2.14. The van der Waals surface area contributed by atoms with Gasteiger partial charge < -0.3 is 15.0 Å². The normalized spacial score (nSPS) is 10.3. The summed E-state index contributed by atoms with van der Waals surface area (Å²) in [7, 11) is 5.42. The minimum atomic E-state index is -0.258. The van der Waals surface area contributed by atoms with Crippen molar-refractivity contribution in [3.05, 3.63) is 46.3 Å². The molecule has 0 unspecified atom stereocenters. The van der Waals surface area contributed by atoms with Crippen molar-refractivity contribution in [3.8, 4) is 5.88 Å². The SMILES string of the molecule is COc1nccc(N(C)C)c1NCc1ccc(Br)cc1F. The molecule has 21 heavy (non-hydrogen) atoms. The van der Waals surface area contributed by atoms with E-state index in [1.165, 1.54) is 6.07 Å². The molecule has 4 nitrogen and oxygen atoms in total. The van der Waals surface area contributed by atoms with Crippen molar-refractivity contribution in [2.75, 3.05) is 31.4 Å². The van der Waals surface area contributed by atoms with E-state index in [-0.39, 0.29) is 5.82 Å². The highest BCUT2D eigenvalue weighted by Crippen LogP contribution is 2.32. The van der Waals surface area contributed by atoms with Gasteiger partial charge in [-0.1, -0.05) is 22.0 Å². The maximum Gasteiger partial charge on any atom is 0.239 e. The van der Waals surface area contributed by atoms with Crippen LogP contribution in [0.5, 0.6) is 5.88 Å². The molecule has 0 spiro atoms. The Bertz CT molecular complexity index is 634. The van der Waals surface area contributed by atoms with Crippen molar-refractivity contribution >= 4 is 27.3 Å². The van der Waals surface area contributed by atoms with E-state index in [0.717, 1.165) is 15.8 Å². The van der Waals surface area contributed by atoms with E-state index in [9.17, 15) is 4.39 Å². The summed E-state index contributed by atoms with van der Waals surface area (Å²) < 4.78 is 19.9. The predicted octanol–water partition coefficient (Wildman–Crippen LogP) is 3.67. The quantitative estimate of drug-likeness (QED) is 0.889. The van der Waals surface area contributed by atoms with Crippen LogP contribution >= 0.6 is 15.9 Å². The lowest BCUT2D eigenvalue weighted by molar-refractivity contribution is 0.399. The van der Waals surface area contributed by atoms with Gasteiger partial charge in [0.05, 0.1) is 12.8 Å². The molecule has 0 amide bonds. The van der Waals surface area contributed by atoms with E-state index < -0.39 is 0 Å². The van der Waals surface area contributed by atoms with E-state index in [1.54, 1.807) is 19.4 Å². The monoisotopic (exact) mass is 353 g/mol.